The van der Waals surface area contributed by atoms with E-state index in [-0.39, 0.29) is 29.7 Å². The molecule has 0 aromatic heterocycles. The molecule has 1 saturated carbocycles. The van der Waals surface area contributed by atoms with E-state index >= 15 is 0 Å². The van der Waals surface area contributed by atoms with Gasteiger partial charge in [0.15, 0.2) is 0 Å². The van der Waals surface area contributed by atoms with Gasteiger partial charge in [0, 0.05) is 17.6 Å². The lowest BCUT2D eigenvalue weighted by Gasteiger charge is -2.22. The molecule has 1 aromatic rings. The third-order valence-electron chi connectivity index (χ3n) is 4.90. The van der Waals surface area contributed by atoms with E-state index in [2.05, 4.69) is 10.6 Å². The van der Waals surface area contributed by atoms with Crippen molar-refractivity contribution < 1.29 is 14.3 Å². The van der Waals surface area contributed by atoms with Gasteiger partial charge in [-0.05, 0) is 38.0 Å². The molecule has 2 atom stereocenters. The van der Waals surface area contributed by atoms with E-state index in [0.29, 0.717) is 17.1 Å². The second kappa shape index (κ2) is 8.85. The van der Waals surface area contributed by atoms with Crippen LogP contribution >= 0.6 is 0 Å². The summed E-state index contributed by atoms with van der Waals surface area (Å²) in [5.41, 5.74) is 6.96. The Balaban J connectivity index is 2.10. The van der Waals surface area contributed by atoms with Gasteiger partial charge in [-0.3, -0.25) is 9.59 Å². The topological polar surface area (TPSA) is 93.4 Å². The van der Waals surface area contributed by atoms with Crippen LogP contribution in [0, 0.1) is 11.8 Å². The second-order valence-corrected chi connectivity index (χ2v) is 6.88. The standard InChI is InChI=1S/C19H29N3O3/c1-12(13(2)20)18(23)21-15-9-10-17(25-3)16(11-15)22-19(24)14-7-5-4-6-8-14/h9-14H,4-8,20H2,1-3H3,(H,21,23)(H,22,24). The first kappa shape index (κ1) is 19.2. The van der Waals surface area contributed by atoms with Gasteiger partial charge < -0.3 is 21.1 Å². The van der Waals surface area contributed by atoms with Gasteiger partial charge in [-0.1, -0.05) is 26.2 Å². The van der Waals surface area contributed by atoms with Gasteiger partial charge in [-0.25, -0.2) is 0 Å². The van der Waals surface area contributed by atoms with Gasteiger partial charge in [0.05, 0.1) is 18.7 Å². The number of methoxy groups -OCH3 is 1. The van der Waals surface area contributed by atoms with Crippen LogP contribution in [0.1, 0.15) is 46.0 Å². The molecule has 138 valence electrons. The first-order valence-corrected chi connectivity index (χ1v) is 8.97. The SMILES string of the molecule is COc1ccc(NC(=O)C(C)C(C)N)cc1NC(=O)C1CCCCC1. The van der Waals surface area contributed by atoms with Crippen molar-refractivity contribution in [3.63, 3.8) is 0 Å². The Hall–Kier alpha value is -2.08. The molecular formula is C19H29N3O3. The third kappa shape index (κ3) is 5.19. The molecule has 2 unspecified atom stereocenters. The highest BCUT2D eigenvalue weighted by Crippen LogP contribution is 2.30. The van der Waals surface area contributed by atoms with Crippen LogP contribution in [0.15, 0.2) is 18.2 Å². The minimum atomic E-state index is -0.303. The molecule has 0 saturated heterocycles. The summed E-state index contributed by atoms with van der Waals surface area (Å²) in [6.45, 7) is 3.59. The zero-order valence-corrected chi connectivity index (χ0v) is 15.3. The van der Waals surface area contributed by atoms with Crippen LogP contribution in [0.5, 0.6) is 5.75 Å². The van der Waals surface area contributed by atoms with Crippen molar-refractivity contribution in [3.05, 3.63) is 18.2 Å². The minimum absolute atomic E-state index is 0.0189. The first-order valence-electron chi connectivity index (χ1n) is 8.97. The summed E-state index contributed by atoms with van der Waals surface area (Å²) < 4.78 is 5.33. The zero-order valence-electron chi connectivity index (χ0n) is 15.3. The van der Waals surface area contributed by atoms with Gasteiger partial charge in [0.25, 0.3) is 0 Å². The largest absolute Gasteiger partial charge is 0.495 e. The van der Waals surface area contributed by atoms with Crippen LogP contribution in [0.25, 0.3) is 0 Å². The predicted octanol–water partition coefficient (Wildman–Crippen LogP) is 3.14. The van der Waals surface area contributed by atoms with Crippen molar-refractivity contribution >= 4 is 23.2 Å². The molecule has 6 nitrogen and oxygen atoms in total. The van der Waals surface area contributed by atoms with E-state index in [1.165, 1.54) is 6.42 Å². The van der Waals surface area contributed by atoms with Crippen molar-refractivity contribution in [2.24, 2.45) is 17.6 Å². The molecular weight excluding hydrogens is 318 g/mol. The van der Waals surface area contributed by atoms with Crippen molar-refractivity contribution in [2.45, 2.75) is 52.0 Å². The van der Waals surface area contributed by atoms with E-state index in [1.54, 1.807) is 39.2 Å². The Morgan fingerprint density at radius 3 is 2.44 bits per heavy atom. The highest BCUT2D eigenvalue weighted by Gasteiger charge is 2.22. The Kier molecular flexibility index (Phi) is 6.82. The number of carbonyl (C=O) groups is 2. The number of amides is 2. The normalized spacial score (nSPS) is 17.4. The molecule has 1 aliphatic carbocycles. The fourth-order valence-electron chi connectivity index (χ4n) is 2.98. The molecule has 0 radical (unpaired) electrons. The monoisotopic (exact) mass is 347 g/mol. The zero-order chi connectivity index (χ0) is 18.4. The summed E-state index contributed by atoms with van der Waals surface area (Å²) in [6.07, 6.45) is 5.25. The number of benzene rings is 1. The molecule has 1 aromatic carbocycles. The third-order valence-corrected chi connectivity index (χ3v) is 4.90. The summed E-state index contributed by atoms with van der Waals surface area (Å²) in [4.78, 5) is 24.7. The summed E-state index contributed by atoms with van der Waals surface area (Å²) >= 11 is 0. The fourth-order valence-corrected chi connectivity index (χ4v) is 2.98. The molecule has 25 heavy (non-hydrogen) atoms. The number of carbonyl (C=O) groups excluding carboxylic acids is 2. The van der Waals surface area contributed by atoms with Crippen LogP contribution < -0.4 is 21.1 Å². The van der Waals surface area contributed by atoms with E-state index in [1.807, 2.05) is 0 Å². The van der Waals surface area contributed by atoms with E-state index < -0.39 is 0 Å². The Morgan fingerprint density at radius 2 is 1.84 bits per heavy atom. The van der Waals surface area contributed by atoms with Crippen molar-refractivity contribution in [2.75, 3.05) is 17.7 Å². The van der Waals surface area contributed by atoms with Gasteiger partial charge in [0.2, 0.25) is 11.8 Å². The smallest absolute Gasteiger partial charge is 0.228 e. The van der Waals surface area contributed by atoms with E-state index in [4.69, 9.17) is 10.5 Å². The minimum Gasteiger partial charge on any atom is -0.495 e. The fraction of sp³-hybridized carbons (Fsp3) is 0.579. The van der Waals surface area contributed by atoms with Crippen molar-refractivity contribution in [3.8, 4) is 5.75 Å². The average Bonchev–Trinajstić information content (AvgIpc) is 2.61. The maximum absolute atomic E-state index is 12.5. The number of rotatable bonds is 6. The number of nitrogens with one attached hydrogen (secondary N) is 2. The Labute approximate surface area is 149 Å². The van der Waals surface area contributed by atoms with Crippen LogP contribution in [0.2, 0.25) is 0 Å². The first-order chi connectivity index (χ1) is 11.9. The van der Waals surface area contributed by atoms with E-state index in [9.17, 15) is 9.59 Å². The van der Waals surface area contributed by atoms with Crippen molar-refractivity contribution in [1.82, 2.24) is 0 Å². The number of hydrogen-bond acceptors (Lipinski definition) is 4. The molecule has 2 rings (SSSR count). The molecule has 1 fully saturated rings. The molecule has 0 heterocycles. The number of nitrogens with two attached hydrogens (primary N) is 1. The maximum atomic E-state index is 12.5. The van der Waals surface area contributed by atoms with Gasteiger partial charge in [-0.15, -0.1) is 0 Å². The Morgan fingerprint density at radius 1 is 1.16 bits per heavy atom. The molecule has 4 N–H and O–H groups in total. The molecule has 6 heteroatoms. The summed E-state index contributed by atoms with van der Waals surface area (Å²) in [5.74, 6) is 0.190. The van der Waals surface area contributed by atoms with Gasteiger partial charge >= 0.3 is 0 Å². The second-order valence-electron chi connectivity index (χ2n) is 6.88. The van der Waals surface area contributed by atoms with Crippen LogP contribution in [-0.4, -0.2) is 25.0 Å². The highest BCUT2D eigenvalue weighted by atomic mass is 16.5. The lowest BCUT2D eigenvalue weighted by molar-refractivity contribution is -0.121. The van der Waals surface area contributed by atoms with Gasteiger partial charge in [-0.2, -0.15) is 0 Å². The molecule has 2 amide bonds. The van der Waals surface area contributed by atoms with Crippen LogP contribution in [0.3, 0.4) is 0 Å². The summed E-state index contributed by atoms with van der Waals surface area (Å²) in [5, 5.41) is 5.80. The summed E-state index contributed by atoms with van der Waals surface area (Å²) in [6, 6.07) is 4.98. The lowest BCUT2D eigenvalue weighted by Crippen LogP contribution is -2.34. The predicted molar refractivity (Wildman–Crippen MR) is 99.6 cm³/mol. The quantitative estimate of drug-likeness (QED) is 0.737. The number of ether oxygens (including phenoxy) is 1. The molecule has 0 spiro atoms. The molecule has 0 aliphatic heterocycles. The maximum Gasteiger partial charge on any atom is 0.228 e. The molecule has 0 bridgehead atoms. The van der Waals surface area contributed by atoms with Crippen LogP contribution in [-0.2, 0) is 9.59 Å². The highest BCUT2D eigenvalue weighted by molar-refractivity contribution is 5.97. The Bertz CT molecular complexity index is 610. The van der Waals surface area contributed by atoms with E-state index in [0.717, 1.165) is 25.7 Å². The summed E-state index contributed by atoms with van der Waals surface area (Å²) in [7, 11) is 1.56. The van der Waals surface area contributed by atoms with Crippen molar-refractivity contribution in [1.29, 1.82) is 0 Å². The number of anilines is 2. The number of hydrogen-bond donors (Lipinski definition) is 3. The van der Waals surface area contributed by atoms with Crippen LogP contribution in [0.4, 0.5) is 11.4 Å². The van der Waals surface area contributed by atoms with Gasteiger partial charge in [0.1, 0.15) is 5.75 Å². The lowest BCUT2D eigenvalue weighted by atomic mass is 9.88. The average molecular weight is 347 g/mol. The molecule has 1 aliphatic rings.